The summed E-state index contributed by atoms with van der Waals surface area (Å²) in [5.74, 6) is -1.58. The van der Waals surface area contributed by atoms with Crippen molar-refractivity contribution in [1.29, 1.82) is 0 Å². The molecule has 0 saturated heterocycles. The van der Waals surface area contributed by atoms with Gasteiger partial charge in [0, 0.05) is 0 Å². The summed E-state index contributed by atoms with van der Waals surface area (Å²) in [6, 6.07) is 7.35. The molecule has 1 N–H and O–H groups in total. The molecule has 0 fully saturated rings. The van der Waals surface area contributed by atoms with E-state index in [2.05, 4.69) is 15.9 Å². The molecule has 0 atom stereocenters. The van der Waals surface area contributed by atoms with Crippen molar-refractivity contribution in [3.05, 3.63) is 57.8 Å². The predicted octanol–water partition coefficient (Wildman–Crippen LogP) is 4.72. The number of rotatable bonds is 3. The van der Waals surface area contributed by atoms with Crippen LogP contribution in [0.2, 0.25) is 0 Å². The van der Waals surface area contributed by atoms with Gasteiger partial charge in [-0.3, -0.25) is 4.72 Å². The van der Waals surface area contributed by atoms with Crippen molar-refractivity contribution in [2.75, 3.05) is 4.72 Å². The van der Waals surface area contributed by atoms with Crippen LogP contribution in [0.5, 0.6) is 0 Å². The Hall–Kier alpha value is -1.61. The third-order valence-corrected chi connectivity index (χ3v) is 4.95. The summed E-state index contributed by atoms with van der Waals surface area (Å²) in [5.41, 5.74) is -1.77. The molecule has 0 heterocycles. The third-order valence-electron chi connectivity index (χ3n) is 2.95. The summed E-state index contributed by atoms with van der Waals surface area (Å²) in [7, 11) is -4.27. The standard InChI is InChI=1S/C14H10BrF4NO2S/c1-8-2-4-9(5-3-8)23(21,22)20-11-7-6-10(15)13(16)12(11)14(17,18)19/h2-7,20H,1H3. The monoisotopic (exact) mass is 411 g/mol. The number of benzene rings is 2. The van der Waals surface area contributed by atoms with Crippen LogP contribution in [0.15, 0.2) is 45.8 Å². The van der Waals surface area contributed by atoms with Crippen LogP contribution in [-0.2, 0) is 16.2 Å². The van der Waals surface area contributed by atoms with Crippen LogP contribution in [0.1, 0.15) is 11.1 Å². The molecule has 0 unspecified atom stereocenters. The van der Waals surface area contributed by atoms with E-state index in [0.717, 1.165) is 17.7 Å². The van der Waals surface area contributed by atoms with E-state index < -0.39 is 37.7 Å². The summed E-state index contributed by atoms with van der Waals surface area (Å²) in [6.45, 7) is 1.73. The maximum atomic E-state index is 13.8. The summed E-state index contributed by atoms with van der Waals surface area (Å²) in [5, 5.41) is 0. The van der Waals surface area contributed by atoms with Gasteiger partial charge in [-0.15, -0.1) is 0 Å². The van der Waals surface area contributed by atoms with Crippen molar-refractivity contribution in [2.45, 2.75) is 18.0 Å². The highest BCUT2D eigenvalue weighted by Crippen LogP contribution is 2.40. The van der Waals surface area contributed by atoms with Crippen LogP contribution in [0.25, 0.3) is 0 Å². The number of sulfonamides is 1. The molecule has 3 nitrogen and oxygen atoms in total. The largest absolute Gasteiger partial charge is 0.421 e. The van der Waals surface area contributed by atoms with Gasteiger partial charge in [0.1, 0.15) is 5.56 Å². The fourth-order valence-corrected chi connectivity index (χ4v) is 3.24. The lowest BCUT2D eigenvalue weighted by Crippen LogP contribution is -2.18. The van der Waals surface area contributed by atoms with Gasteiger partial charge < -0.3 is 0 Å². The van der Waals surface area contributed by atoms with E-state index >= 15 is 0 Å². The molecule has 0 saturated carbocycles. The Balaban J connectivity index is 2.52. The molecule has 0 radical (unpaired) electrons. The number of nitrogens with one attached hydrogen (secondary N) is 1. The summed E-state index contributed by atoms with van der Waals surface area (Å²) in [4.78, 5) is -0.223. The first kappa shape index (κ1) is 17.7. The topological polar surface area (TPSA) is 46.2 Å². The maximum absolute atomic E-state index is 13.8. The Labute approximate surface area is 138 Å². The normalized spacial score (nSPS) is 12.3. The molecule has 0 aliphatic rings. The molecule has 0 aromatic heterocycles. The van der Waals surface area contributed by atoms with Crippen molar-refractivity contribution < 1.29 is 26.0 Å². The fourth-order valence-electron chi connectivity index (χ4n) is 1.83. The molecule has 0 amide bonds. The number of halogens is 5. The number of hydrogen-bond acceptors (Lipinski definition) is 2. The van der Waals surface area contributed by atoms with Gasteiger partial charge in [0.15, 0.2) is 5.82 Å². The molecule has 0 spiro atoms. The molecule has 0 bridgehead atoms. The second kappa shape index (κ2) is 6.12. The van der Waals surface area contributed by atoms with Crippen LogP contribution in [-0.4, -0.2) is 8.42 Å². The predicted molar refractivity (Wildman–Crippen MR) is 81.1 cm³/mol. The number of alkyl halides is 3. The Kier molecular flexibility index (Phi) is 4.72. The van der Waals surface area contributed by atoms with Crippen molar-refractivity contribution in [1.82, 2.24) is 0 Å². The molecule has 2 rings (SSSR count). The minimum Gasteiger partial charge on any atom is -0.279 e. The zero-order valence-electron chi connectivity index (χ0n) is 11.6. The van der Waals surface area contributed by atoms with Crippen molar-refractivity contribution in [3.8, 4) is 0 Å². The van der Waals surface area contributed by atoms with Gasteiger partial charge in [-0.25, -0.2) is 12.8 Å². The smallest absolute Gasteiger partial charge is 0.279 e. The number of aryl methyl sites for hydroxylation is 1. The Morgan fingerprint density at radius 3 is 2.13 bits per heavy atom. The van der Waals surface area contributed by atoms with Gasteiger partial charge >= 0.3 is 6.18 Å². The van der Waals surface area contributed by atoms with E-state index in [1.165, 1.54) is 24.3 Å². The van der Waals surface area contributed by atoms with Crippen LogP contribution >= 0.6 is 15.9 Å². The average Bonchev–Trinajstić information content (AvgIpc) is 2.41. The maximum Gasteiger partial charge on any atom is 0.421 e. The van der Waals surface area contributed by atoms with E-state index in [1.807, 2.05) is 0 Å². The van der Waals surface area contributed by atoms with Gasteiger partial charge in [0.25, 0.3) is 10.0 Å². The summed E-state index contributed by atoms with van der Waals surface area (Å²) >= 11 is 2.65. The number of hydrogen-bond donors (Lipinski definition) is 1. The molecule has 0 aliphatic carbocycles. The second-order valence-corrected chi connectivity index (χ2v) is 7.24. The third kappa shape index (κ3) is 3.84. The minimum absolute atomic E-state index is 0.223. The summed E-state index contributed by atoms with van der Waals surface area (Å²) < 4.78 is 78.6. The molecule has 2 aromatic carbocycles. The molecule has 2 aromatic rings. The van der Waals surface area contributed by atoms with Gasteiger partial charge in [-0.1, -0.05) is 17.7 Å². The first-order valence-electron chi connectivity index (χ1n) is 6.17. The van der Waals surface area contributed by atoms with E-state index in [-0.39, 0.29) is 4.90 Å². The Bertz CT molecular complexity index is 833. The van der Waals surface area contributed by atoms with Crippen LogP contribution in [0.3, 0.4) is 0 Å². The van der Waals surface area contributed by atoms with E-state index in [0.29, 0.717) is 0 Å². The molecule has 9 heteroatoms. The minimum atomic E-state index is -5.06. The first-order valence-corrected chi connectivity index (χ1v) is 8.44. The van der Waals surface area contributed by atoms with E-state index in [4.69, 9.17) is 0 Å². The van der Waals surface area contributed by atoms with Crippen LogP contribution in [0, 0.1) is 12.7 Å². The highest BCUT2D eigenvalue weighted by Gasteiger charge is 2.39. The first-order chi connectivity index (χ1) is 10.5. The SMILES string of the molecule is Cc1ccc(S(=O)(=O)Nc2ccc(Br)c(F)c2C(F)(F)F)cc1. The number of anilines is 1. The van der Waals surface area contributed by atoms with Crippen molar-refractivity contribution in [2.24, 2.45) is 0 Å². The van der Waals surface area contributed by atoms with Crippen LogP contribution < -0.4 is 4.72 Å². The lowest BCUT2D eigenvalue weighted by atomic mass is 10.1. The fraction of sp³-hybridized carbons (Fsp3) is 0.143. The molecule has 0 aliphatic heterocycles. The lowest BCUT2D eigenvalue weighted by molar-refractivity contribution is -0.139. The lowest BCUT2D eigenvalue weighted by Gasteiger charge is -2.16. The van der Waals surface area contributed by atoms with E-state index in [1.54, 1.807) is 11.6 Å². The Morgan fingerprint density at radius 1 is 1.04 bits per heavy atom. The molecular formula is C14H10BrF4NO2S. The second-order valence-electron chi connectivity index (χ2n) is 4.70. The highest BCUT2D eigenvalue weighted by molar-refractivity contribution is 9.10. The van der Waals surface area contributed by atoms with Crippen molar-refractivity contribution >= 4 is 31.6 Å². The van der Waals surface area contributed by atoms with Gasteiger partial charge in [-0.05, 0) is 47.1 Å². The van der Waals surface area contributed by atoms with Gasteiger partial charge in [-0.2, -0.15) is 13.2 Å². The zero-order chi connectivity index (χ0) is 17.4. The zero-order valence-corrected chi connectivity index (χ0v) is 14.0. The average molecular weight is 412 g/mol. The quantitative estimate of drug-likeness (QED) is 0.742. The van der Waals surface area contributed by atoms with Gasteiger partial charge in [0.2, 0.25) is 0 Å². The van der Waals surface area contributed by atoms with Crippen LogP contribution in [0.4, 0.5) is 23.2 Å². The molecular weight excluding hydrogens is 402 g/mol. The van der Waals surface area contributed by atoms with Crippen molar-refractivity contribution in [3.63, 3.8) is 0 Å². The summed E-state index contributed by atoms with van der Waals surface area (Å²) in [6.07, 6.45) is -5.06. The Morgan fingerprint density at radius 2 is 1.61 bits per heavy atom. The molecule has 124 valence electrons. The van der Waals surface area contributed by atoms with Gasteiger partial charge in [0.05, 0.1) is 15.1 Å². The van der Waals surface area contributed by atoms with E-state index in [9.17, 15) is 26.0 Å². The molecule has 23 heavy (non-hydrogen) atoms. The highest BCUT2D eigenvalue weighted by atomic mass is 79.9.